The van der Waals surface area contributed by atoms with Crippen LogP contribution in [0.5, 0.6) is 0 Å². The van der Waals surface area contributed by atoms with Crippen LogP contribution in [0, 0.1) is 5.41 Å². The second kappa shape index (κ2) is 11.5. The standard InChI is InChI=1S/C29H43N3O6/c1-7-21-23(31(8-2)19-9-13-37-14-10-19)16-24-22(26(21)27(33)36-6)15-20(38-24)17-30-11-12-32(28(34)35)25(18-30)29(3,4)5/h15-16,19,25H,7-14,17-18H2,1-6H3,(H,34,35). The molecule has 1 aromatic carbocycles. The van der Waals surface area contributed by atoms with Crippen LogP contribution in [-0.2, 0) is 22.4 Å². The van der Waals surface area contributed by atoms with Crippen molar-refractivity contribution in [1.29, 1.82) is 0 Å². The van der Waals surface area contributed by atoms with Gasteiger partial charge in [-0.1, -0.05) is 27.7 Å². The molecule has 1 aromatic heterocycles. The number of piperazine rings is 1. The van der Waals surface area contributed by atoms with Gasteiger partial charge < -0.3 is 28.8 Å². The van der Waals surface area contributed by atoms with Gasteiger partial charge >= 0.3 is 12.1 Å². The fourth-order valence-corrected chi connectivity index (χ4v) is 6.09. The highest BCUT2D eigenvalue weighted by molar-refractivity contribution is 6.07. The number of benzene rings is 1. The van der Waals surface area contributed by atoms with E-state index in [-0.39, 0.29) is 17.4 Å². The van der Waals surface area contributed by atoms with Gasteiger partial charge in [-0.15, -0.1) is 0 Å². The van der Waals surface area contributed by atoms with Crippen molar-refractivity contribution in [3.8, 4) is 0 Å². The molecule has 2 aliphatic heterocycles. The van der Waals surface area contributed by atoms with Crippen molar-refractivity contribution in [2.75, 3.05) is 51.4 Å². The predicted octanol–water partition coefficient (Wildman–Crippen LogP) is 5.00. The SMILES string of the molecule is CCc1c(N(CC)C2CCOCC2)cc2oc(CN3CCN(C(=O)O)C(C(C)(C)C)C3)cc2c1C(=O)OC. The van der Waals surface area contributed by atoms with Crippen LogP contribution in [-0.4, -0.2) is 85.6 Å². The Hall–Kier alpha value is -2.78. The first kappa shape index (κ1) is 28.2. The number of hydrogen-bond donors (Lipinski definition) is 1. The normalized spacial score (nSPS) is 19.6. The fraction of sp³-hybridized carbons (Fsp3) is 0.655. The van der Waals surface area contributed by atoms with Gasteiger partial charge in [0.25, 0.3) is 0 Å². The molecule has 2 fully saturated rings. The molecule has 0 bridgehead atoms. The molecular weight excluding hydrogens is 486 g/mol. The number of anilines is 1. The molecular formula is C29H43N3O6. The number of fused-ring (bicyclic) bond motifs is 1. The van der Waals surface area contributed by atoms with Crippen LogP contribution in [0.1, 0.15) is 69.1 Å². The Bertz CT molecular complexity index is 1150. The molecule has 0 spiro atoms. The van der Waals surface area contributed by atoms with Gasteiger partial charge in [0.2, 0.25) is 0 Å². The van der Waals surface area contributed by atoms with Crippen molar-refractivity contribution in [2.45, 2.75) is 72.5 Å². The minimum atomic E-state index is -0.874. The summed E-state index contributed by atoms with van der Waals surface area (Å²) in [6, 6.07) is 4.27. The maximum Gasteiger partial charge on any atom is 0.407 e. The van der Waals surface area contributed by atoms with Crippen molar-refractivity contribution in [1.82, 2.24) is 9.80 Å². The number of hydrogen-bond acceptors (Lipinski definition) is 7. The maximum atomic E-state index is 13.1. The highest BCUT2D eigenvalue weighted by Gasteiger charge is 2.38. The Labute approximate surface area is 225 Å². The lowest BCUT2D eigenvalue weighted by Gasteiger charge is -2.45. The molecule has 0 saturated carbocycles. The third-order valence-corrected chi connectivity index (χ3v) is 8.07. The number of amides is 1. The van der Waals surface area contributed by atoms with Crippen LogP contribution in [0.4, 0.5) is 10.5 Å². The average Bonchev–Trinajstić information content (AvgIpc) is 3.29. The van der Waals surface area contributed by atoms with E-state index in [1.807, 2.05) is 6.07 Å². The molecule has 9 nitrogen and oxygen atoms in total. The second-order valence-electron chi connectivity index (χ2n) is 11.4. The number of carbonyl (C=O) groups is 2. The summed E-state index contributed by atoms with van der Waals surface area (Å²) in [5.41, 5.74) is 3.06. The summed E-state index contributed by atoms with van der Waals surface area (Å²) < 4.78 is 17.2. The largest absolute Gasteiger partial charge is 0.465 e. The lowest BCUT2D eigenvalue weighted by Crippen LogP contribution is -2.59. The molecule has 1 unspecified atom stereocenters. The molecule has 9 heteroatoms. The van der Waals surface area contributed by atoms with E-state index in [0.717, 1.165) is 55.0 Å². The number of furan rings is 1. The van der Waals surface area contributed by atoms with Gasteiger partial charge in [-0.25, -0.2) is 9.59 Å². The molecule has 1 atom stereocenters. The van der Waals surface area contributed by atoms with Gasteiger partial charge in [-0.2, -0.15) is 0 Å². The smallest absolute Gasteiger partial charge is 0.407 e. The van der Waals surface area contributed by atoms with Crippen molar-refractivity contribution < 1.29 is 28.6 Å². The van der Waals surface area contributed by atoms with Crippen molar-refractivity contribution in [2.24, 2.45) is 5.41 Å². The Morgan fingerprint density at radius 1 is 1.16 bits per heavy atom. The van der Waals surface area contributed by atoms with E-state index in [1.165, 1.54) is 7.11 Å². The van der Waals surface area contributed by atoms with E-state index in [0.29, 0.717) is 49.8 Å². The van der Waals surface area contributed by atoms with Crippen LogP contribution in [0.3, 0.4) is 0 Å². The number of carbonyl (C=O) groups excluding carboxylic acids is 1. The van der Waals surface area contributed by atoms with Crippen LogP contribution in [0.2, 0.25) is 0 Å². The number of carboxylic acid groups (broad SMARTS) is 1. The zero-order chi connectivity index (χ0) is 27.6. The zero-order valence-corrected chi connectivity index (χ0v) is 23.7. The van der Waals surface area contributed by atoms with E-state index in [1.54, 1.807) is 4.90 Å². The molecule has 38 heavy (non-hydrogen) atoms. The van der Waals surface area contributed by atoms with E-state index >= 15 is 0 Å². The van der Waals surface area contributed by atoms with E-state index in [4.69, 9.17) is 13.9 Å². The average molecular weight is 530 g/mol. The highest BCUT2D eigenvalue weighted by Crippen LogP contribution is 2.37. The summed E-state index contributed by atoms with van der Waals surface area (Å²) in [7, 11) is 1.42. The number of ether oxygens (including phenoxy) is 2. The van der Waals surface area contributed by atoms with Crippen LogP contribution in [0.25, 0.3) is 11.0 Å². The van der Waals surface area contributed by atoms with Gasteiger partial charge in [0, 0.05) is 62.6 Å². The Kier molecular flexibility index (Phi) is 8.57. The van der Waals surface area contributed by atoms with E-state index in [2.05, 4.69) is 50.5 Å². The van der Waals surface area contributed by atoms with Crippen LogP contribution < -0.4 is 4.90 Å². The number of methoxy groups -OCH3 is 1. The molecule has 1 amide bonds. The first-order chi connectivity index (χ1) is 18.1. The fourth-order valence-electron chi connectivity index (χ4n) is 6.09. The van der Waals surface area contributed by atoms with Crippen molar-refractivity contribution in [3.05, 3.63) is 29.0 Å². The summed E-state index contributed by atoms with van der Waals surface area (Å²) in [5, 5.41) is 10.5. The molecule has 2 saturated heterocycles. The summed E-state index contributed by atoms with van der Waals surface area (Å²) in [6.07, 6.45) is 1.72. The predicted molar refractivity (Wildman–Crippen MR) is 147 cm³/mol. The van der Waals surface area contributed by atoms with Crippen molar-refractivity contribution in [3.63, 3.8) is 0 Å². The molecule has 0 radical (unpaired) electrons. The number of esters is 1. The van der Waals surface area contributed by atoms with Gasteiger partial charge in [0.1, 0.15) is 11.3 Å². The number of nitrogens with zero attached hydrogens (tertiary/aromatic N) is 3. The minimum Gasteiger partial charge on any atom is -0.465 e. The second-order valence-corrected chi connectivity index (χ2v) is 11.4. The number of rotatable bonds is 7. The summed E-state index contributed by atoms with van der Waals surface area (Å²) in [6.45, 7) is 15.0. The lowest BCUT2D eigenvalue weighted by molar-refractivity contribution is 0.0171. The Morgan fingerprint density at radius 2 is 1.87 bits per heavy atom. The quantitative estimate of drug-likeness (QED) is 0.501. The molecule has 2 aromatic rings. The van der Waals surface area contributed by atoms with Gasteiger partial charge in [-0.05, 0) is 43.2 Å². The summed E-state index contributed by atoms with van der Waals surface area (Å²) >= 11 is 0. The Morgan fingerprint density at radius 3 is 2.45 bits per heavy atom. The third kappa shape index (κ3) is 5.64. The maximum absolute atomic E-state index is 13.1. The molecule has 2 aliphatic rings. The monoisotopic (exact) mass is 529 g/mol. The molecule has 210 valence electrons. The third-order valence-electron chi connectivity index (χ3n) is 8.07. The van der Waals surface area contributed by atoms with Gasteiger partial charge in [0.15, 0.2) is 0 Å². The topological polar surface area (TPSA) is 95.7 Å². The molecule has 4 rings (SSSR count). The lowest BCUT2D eigenvalue weighted by atomic mass is 9.84. The molecule has 1 N–H and O–H groups in total. The molecule has 3 heterocycles. The van der Waals surface area contributed by atoms with Crippen LogP contribution >= 0.6 is 0 Å². The van der Waals surface area contributed by atoms with Crippen LogP contribution in [0.15, 0.2) is 16.5 Å². The first-order valence-electron chi connectivity index (χ1n) is 13.8. The van der Waals surface area contributed by atoms with Crippen molar-refractivity contribution >= 4 is 28.7 Å². The highest BCUT2D eigenvalue weighted by atomic mass is 16.5. The zero-order valence-electron chi connectivity index (χ0n) is 23.7. The van der Waals surface area contributed by atoms with Gasteiger partial charge in [-0.3, -0.25) is 4.90 Å². The summed E-state index contributed by atoms with van der Waals surface area (Å²) in [4.78, 5) is 31.2. The van der Waals surface area contributed by atoms with Gasteiger partial charge in [0.05, 0.1) is 25.3 Å². The Balaban J connectivity index is 1.71. The summed E-state index contributed by atoms with van der Waals surface area (Å²) in [5.74, 6) is 0.404. The minimum absolute atomic E-state index is 0.125. The van der Waals surface area contributed by atoms with E-state index in [9.17, 15) is 14.7 Å². The van der Waals surface area contributed by atoms with E-state index < -0.39 is 6.09 Å². The molecule has 0 aliphatic carbocycles. The first-order valence-corrected chi connectivity index (χ1v) is 13.8.